The second kappa shape index (κ2) is 6.95. The van der Waals surface area contributed by atoms with Gasteiger partial charge in [-0.05, 0) is 43.0 Å². The Balaban J connectivity index is 2.17. The van der Waals surface area contributed by atoms with Gasteiger partial charge in [-0.1, -0.05) is 13.3 Å². The van der Waals surface area contributed by atoms with Crippen molar-refractivity contribution in [2.45, 2.75) is 38.3 Å². The van der Waals surface area contributed by atoms with Crippen molar-refractivity contribution < 1.29 is 14.6 Å². The lowest BCUT2D eigenvalue weighted by molar-refractivity contribution is 0.0974. The standard InChI is InChI=1S/C16H25NO3/c1-4-11-5-6-17-15(7-11)16(18)12-8-13(19-2)10-14(9-12)20-3/h8-11,15-18H,4-7H2,1-3H3. The van der Waals surface area contributed by atoms with Crippen LogP contribution >= 0.6 is 0 Å². The second-order valence-corrected chi connectivity index (χ2v) is 5.45. The number of nitrogens with one attached hydrogen (secondary N) is 1. The predicted molar refractivity (Wildman–Crippen MR) is 79.3 cm³/mol. The Morgan fingerprint density at radius 1 is 1.25 bits per heavy atom. The van der Waals surface area contributed by atoms with Crippen LogP contribution in [0.1, 0.15) is 37.9 Å². The maximum absolute atomic E-state index is 10.6. The minimum Gasteiger partial charge on any atom is -0.497 e. The smallest absolute Gasteiger partial charge is 0.122 e. The van der Waals surface area contributed by atoms with Crippen LogP contribution in [-0.4, -0.2) is 31.9 Å². The molecule has 0 amide bonds. The first-order valence-corrected chi connectivity index (χ1v) is 7.32. The molecular formula is C16H25NO3. The Morgan fingerprint density at radius 2 is 1.90 bits per heavy atom. The third-order valence-corrected chi connectivity index (χ3v) is 4.22. The van der Waals surface area contributed by atoms with Crippen molar-refractivity contribution in [2.24, 2.45) is 5.92 Å². The number of aliphatic hydroxyl groups excluding tert-OH is 1. The summed E-state index contributed by atoms with van der Waals surface area (Å²) < 4.78 is 10.5. The van der Waals surface area contributed by atoms with E-state index in [0.717, 1.165) is 18.5 Å². The van der Waals surface area contributed by atoms with Crippen LogP contribution in [0.3, 0.4) is 0 Å². The largest absolute Gasteiger partial charge is 0.497 e. The molecule has 1 aromatic carbocycles. The first kappa shape index (κ1) is 15.1. The third-order valence-electron chi connectivity index (χ3n) is 4.22. The molecule has 1 aromatic rings. The summed E-state index contributed by atoms with van der Waals surface area (Å²) in [4.78, 5) is 0. The van der Waals surface area contributed by atoms with Crippen LogP contribution in [-0.2, 0) is 0 Å². The molecule has 1 aliphatic heterocycles. The van der Waals surface area contributed by atoms with Gasteiger partial charge in [-0.15, -0.1) is 0 Å². The molecule has 1 saturated heterocycles. The lowest BCUT2D eigenvalue weighted by Crippen LogP contribution is -2.42. The van der Waals surface area contributed by atoms with Crippen LogP contribution in [0, 0.1) is 5.92 Å². The van der Waals surface area contributed by atoms with E-state index in [9.17, 15) is 5.11 Å². The van der Waals surface area contributed by atoms with Gasteiger partial charge in [-0.2, -0.15) is 0 Å². The molecule has 1 heterocycles. The molecule has 2 N–H and O–H groups in total. The molecule has 20 heavy (non-hydrogen) atoms. The van der Waals surface area contributed by atoms with E-state index in [-0.39, 0.29) is 6.04 Å². The first-order chi connectivity index (χ1) is 9.67. The van der Waals surface area contributed by atoms with Gasteiger partial charge in [0, 0.05) is 12.1 Å². The summed E-state index contributed by atoms with van der Waals surface area (Å²) in [6.07, 6.45) is 2.85. The van der Waals surface area contributed by atoms with Gasteiger partial charge in [0.1, 0.15) is 11.5 Å². The van der Waals surface area contributed by atoms with Crippen molar-refractivity contribution >= 4 is 0 Å². The molecule has 0 radical (unpaired) electrons. The van der Waals surface area contributed by atoms with E-state index in [0.29, 0.717) is 17.4 Å². The summed E-state index contributed by atoms with van der Waals surface area (Å²) in [5.74, 6) is 2.12. The number of piperidine rings is 1. The average Bonchev–Trinajstić information content (AvgIpc) is 2.53. The van der Waals surface area contributed by atoms with Crippen molar-refractivity contribution in [3.05, 3.63) is 23.8 Å². The van der Waals surface area contributed by atoms with E-state index in [1.54, 1.807) is 14.2 Å². The summed E-state index contributed by atoms with van der Waals surface area (Å²) >= 11 is 0. The molecule has 0 aliphatic carbocycles. The highest BCUT2D eigenvalue weighted by atomic mass is 16.5. The normalized spacial score (nSPS) is 24.2. The maximum atomic E-state index is 10.6. The summed E-state index contributed by atoms with van der Waals surface area (Å²) in [6, 6.07) is 5.68. The van der Waals surface area contributed by atoms with Crippen LogP contribution in [0.2, 0.25) is 0 Å². The number of aliphatic hydroxyl groups is 1. The van der Waals surface area contributed by atoms with Crippen LogP contribution in [0.25, 0.3) is 0 Å². The predicted octanol–water partition coefficient (Wildman–Crippen LogP) is 2.52. The molecule has 4 nitrogen and oxygen atoms in total. The lowest BCUT2D eigenvalue weighted by Gasteiger charge is -2.33. The van der Waals surface area contributed by atoms with Crippen LogP contribution in [0.15, 0.2) is 18.2 Å². The summed E-state index contributed by atoms with van der Waals surface area (Å²) in [7, 11) is 3.24. The zero-order valence-corrected chi connectivity index (χ0v) is 12.6. The molecule has 0 spiro atoms. The molecule has 112 valence electrons. The van der Waals surface area contributed by atoms with Gasteiger partial charge >= 0.3 is 0 Å². The highest BCUT2D eigenvalue weighted by Crippen LogP contribution is 2.31. The van der Waals surface area contributed by atoms with E-state index in [1.165, 1.54) is 12.8 Å². The molecule has 0 saturated carbocycles. The van der Waals surface area contributed by atoms with Gasteiger partial charge in [0.15, 0.2) is 0 Å². The van der Waals surface area contributed by atoms with Gasteiger partial charge in [0.2, 0.25) is 0 Å². The van der Waals surface area contributed by atoms with E-state index in [4.69, 9.17) is 9.47 Å². The minimum atomic E-state index is -0.534. The Bertz CT molecular complexity index is 413. The van der Waals surface area contributed by atoms with Gasteiger partial charge in [-0.25, -0.2) is 0 Å². The molecule has 0 aromatic heterocycles. The zero-order chi connectivity index (χ0) is 14.5. The summed E-state index contributed by atoms with van der Waals surface area (Å²) in [5.41, 5.74) is 0.843. The Morgan fingerprint density at radius 3 is 2.45 bits per heavy atom. The van der Waals surface area contributed by atoms with Gasteiger partial charge < -0.3 is 19.9 Å². The number of rotatable bonds is 5. The van der Waals surface area contributed by atoms with E-state index in [1.807, 2.05) is 18.2 Å². The van der Waals surface area contributed by atoms with Crippen molar-refractivity contribution in [3.8, 4) is 11.5 Å². The number of hydrogen-bond donors (Lipinski definition) is 2. The molecular weight excluding hydrogens is 254 g/mol. The molecule has 2 rings (SSSR count). The Hall–Kier alpha value is -1.26. The quantitative estimate of drug-likeness (QED) is 0.869. The fourth-order valence-corrected chi connectivity index (χ4v) is 2.88. The van der Waals surface area contributed by atoms with Crippen molar-refractivity contribution in [1.82, 2.24) is 5.32 Å². The van der Waals surface area contributed by atoms with Crippen molar-refractivity contribution in [1.29, 1.82) is 0 Å². The molecule has 1 fully saturated rings. The Kier molecular flexibility index (Phi) is 5.26. The molecule has 0 bridgehead atoms. The molecule has 3 unspecified atom stereocenters. The van der Waals surface area contributed by atoms with Crippen LogP contribution in [0.5, 0.6) is 11.5 Å². The highest BCUT2D eigenvalue weighted by molar-refractivity contribution is 5.39. The lowest BCUT2D eigenvalue weighted by atomic mass is 9.86. The highest BCUT2D eigenvalue weighted by Gasteiger charge is 2.27. The fraction of sp³-hybridized carbons (Fsp3) is 0.625. The monoisotopic (exact) mass is 279 g/mol. The number of benzene rings is 1. The molecule has 1 aliphatic rings. The Labute approximate surface area is 121 Å². The topological polar surface area (TPSA) is 50.7 Å². The van der Waals surface area contributed by atoms with Gasteiger partial charge in [0.25, 0.3) is 0 Å². The van der Waals surface area contributed by atoms with Crippen LogP contribution in [0.4, 0.5) is 0 Å². The first-order valence-electron chi connectivity index (χ1n) is 7.32. The average molecular weight is 279 g/mol. The fourth-order valence-electron chi connectivity index (χ4n) is 2.88. The maximum Gasteiger partial charge on any atom is 0.122 e. The van der Waals surface area contributed by atoms with Crippen molar-refractivity contribution in [2.75, 3.05) is 20.8 Å². The SMILES string of the molecule is CCC1CCNC(C(O)c2cc(OC)cc(OC)c2)C1. The van der Waals surface area contributed by atoms with E-state index >= 15 is 0 Å². The number of hydrogen-bond acceptors (Lipinski definition) is 4. The van der Waals surface area contributed by atoms with Crippen molar-refractivity contribution in [3.63, 3.8) is 0 Å². The molecule has 3 atom stereocenters. The van der Waals surface area contributed by atoms with Gasteiger partial charge in [0.05, 0.1) is 20.3 Å². The van der Waals surface area contributed by atoms with E-state index < -0.39 is 6.10 Å². The number of ether oxygens (including phenoxy) is 2. The molecule has 4 heteroatoms. The second-order valence-electron chi connectivity index (χ2n) is 5.45. The van der Waals surface area contributed by atoms with Crippen LogP contribution < -0.4 is 14.8 Å². The summed E-state index contributed by atoms with van der Waals surface area (Å²) in [6.45, 7) is 3.19. The third kappa shape index (κ3) is 3.44. The minimum absolute atomic E-state index is 0.102. The zero-order valence-electron chi connectivity index (χ0n) is 12.6. The number of methoxy groups -OCH3 is 2. The van der Waals surface area contributed by atoms with E-state index in [2.05, 4.69) is 12.2 Å². The van der Waals surface area contributed by atoms with Gasteiger partial charge in [-0.3, -0.25) is 0 Å². The summed E-state index contributed by atoms with van der Waals surface area (Å²) in [5, 5.41) is 14.0.